The van der Waals surface area contributed by atoms with Crippen LogP contribution in [0.15, 0.2) is 122 Å². The van der Waals surface area contributed by atoms with Crippen molar-refractivity contribution in [1.29, 1.82) is 0 Å². The number of rotatable bonds is 8. The van der Waals surface area contributed by atoms with Crippen molar-refractivity contribution >= 4 is 33.8 Å². The van der Waals surface area contributed by atoms with E-state index in [1.54, 1.807) is 119 Å². The first kappa shape index (κ1) is 33.0. The molecule has 0 atom stereocenters. The summed E-state index contributed by atoms with van der Waals surface area (Å²) < 4.78 is 100. The predicted octanol–water partition coefficient (Wildman–Crippen LogP) is 9.80. The van der Waals surface area contributed by atoms with Gasteiger partial charge >= 0.3 is 17.8 Å². The van der Waals surface area contributed by atoms with E-state index in [2.05, 4.69) is 0 Å². The lowest BCUT2D eigenvalue weighted by atomic mass is 9.92. The molecule has 4 aromatic heterocycles. The van der Waals surface area contributed by atoms with Crippen molar-refractivity contribution in [2.45, 2.75) is 30.6 Å². The van der Waals surface area contributed by atoms with Gasteiger partial charge in [0, 0.05) is 67.8 Å². The molecule has 49 heavy (non-hydrogen) atoms. The van der Waals surface area contributed by atoms with Crippen molar-refractivity contribution in [3.8, 4) is 20.9 Å². The molecule has 0 N–H and O–H groups in total. The van der Waals surface area contributed by atoms with Gasteiger partial charge in [0.2, 0.25) is 0 Å². The molecule has 6 aromatic rings. The second kappa shape index (κ2) is 12.4. The van der Waals surface area contributed by atoms with Gasteiger partial charge in [-0.15, -0.1) is 22.7 Å². The molecule has 0 unspecified atom stereocenters. The number of alkyl halides is 6. The maximum atomic E-state index is 16.3. The SMILES string of the molecule is C[n+]1ccc(Cc2sc(-c3ccccc3)cc2C2=C(c3cc(-c4ccccc4)sc3Cc3cc[n+](C)cc3)C(F)(F)C(F)(F)C2(F)F)cc1. The number of hydrogen-bond donors (Lipinski definition) is 0. The van der Waals surface area contributed by atoms with Gasteiger partial charge in [-0.1, -0.05) is 60.7 Å². The molecular formula is C39H30F6N2S2+2. The average molecular weight is 705 g/mol. The molecule has 0 radical (unpaired) electrons. The van der Waals surface area contributed by atoms with Crippen LogP contribution in [0.4, 0.5) is 26.3 Å². The zero-order valence-electron chi connectivity index (χ0n) is 26.4. The molecule has 0 bridgehead atoms. The lowest BCUT2D eigenvalue weighted by Crippen LogP contribution is -2.49. The quantitative estimate of drug-likeness (QED) is 0.110. The third kappa shape index (κ3) is 5.80. The number of nitrogens with zero attached hydrogens (tertiary/aromatic N) is 2. The highest BCUT2D eigenvalue weighted by molar-refractivity contribution is 7.16. The fraction of sp³-hybridized carbons (Fsp3) is 0.179. The van der Waals surface area contributed by atoms with Gasteiger partial charge < -0.3 is 0 Å². The fourth-order valence-electron chi connectivity index (χ4n) is 6.14. The van der Waals surface area contributed by atoms with Crippen LogP contribution >= 0.6 is 22.7 Å². The van der Waals surface area contributed by atoms with Crippen LogP contribution in [0.2, 0.25) is 0 Å². The van der Waals surface area contributed by atoms with Gasteiger partial charge in [0.1, 0.15) is 14.1 Å². The Bertz CT molecular complexity index is 2000. The van der Waals surface area contributed by atoms with Gasteiger partial charge in [0.05, 0.1) is 0 Å². The Kier molecular flexibility index (Phi) is 8.35. The molecule has 0 spiro atoms. The minimum atomic E-state index is -5.68. The topological polar surface area (TPSA) is 7.76 Å². The summed E-state index contributed by atoms with van der Waals surface area (Å²) in [5.74, 6) is -16.0. The minimum Gasteiger partial charge on any atom is -0.208 e. The summed E-state index contributed by atoms with van der Waals surface area (Å²) in [6.45, 7) is 0. The normalized spacial score (nSPS) is 16.3. The highest BCUT2D eigenvalue weighted by Crippen LogP contribution is 2.66. The molecule has 4 heterocycles. The Morgan fingerprint density at radius 2 is 0.857 bits per heavy atom. The van der Waals surface area contributed by atoms with Crippen LogP contribution in [0.1, 0.15) is 32.0 Å². The Morgan fingerprint density at radius 1 is 0.510 bits per heavy atom. The molecule has 0 fully saturated rings. The Hall–Kier alpha value is -4.54. The minimum absolute atomic E-state index is 0.0878. The summed E-state index contributed by atoms with van der Waals surface area (Å²) in [7, 11) is 3.65. The lowest BCUT2D eigenvalue weighted by Gasteiger charge is -2.26. The summed E-state index contributed by atoms with van der Waals surface area (Å²) in [6, 6.07) is 27.7. The summed E-state index contributed by atoms with van der Waals surface area (Å²) in [5.41, 5.74) is -0.447. The third-order valence-electron chi connectivity index (χ3n) is 8.76. The third-order valence-corrected chi connectivity index (χ3v) is 11.1. The summed E-state index contributed by atoms with van der Waals surface area (Å²) in [5, 5.41) is 0. The molecule has 10 heteroatoms. The number of halogens is 6. The second-order valence-corrected chi connectivity index (χ2v) is 14.5. The molecular weight excluding hydrogens is 675 g/mol. The molecule has 0 saturated carbocycles. The van der Waals surface area contributed by atoms with E-state index < -0.39 is 28.9 Å². The molecule has 248 valence electrons. The highest BCUT2D eigenvalue weighted by Gasteiger charge is 2.80. The maximum Gasteiger partial charge on any atom is 0.380 e. The number of pyridine rings is 2. The van der Waals surface area contributed by atoms with Gasteiger partial charge in [-0.25, -0.2) is 9.13 Å². The van der Waals surface area contributed by atoms with Crippen molar-refractivity contribution in [3.05, 3.63) is 154 Å². The fourth-order valence-corrected chi connectivity index (χ4v) is 8.55. The Balaban J connectivity index is 1.51. The smallest absolute Gasteiger partial charge is 0.208 e. The number of benzene rings is 2. The van der Waals surface area contributed by atoms with Crippen LogP contribution in [-0.2, 0) is 26.9 Å². The van der Waals surface area contributed by atoms with Gasteiger partial charge in [-0.3, -0.25) is 0 Å². The molecule has 2 aromatic carbocycles. The van der Waals surface area contributed by atoms with Crippen molar-refractivity contribution in [2.75, 3.05) is 0 Å². The van der Waals surface area contributed by atoms with E-state index in [0.29, 0.717) is 30.6 Å². The first-order valence-corrected chi connectivity index (χ1v) is 17.1. The van der Waals surface area contributed by atoms with E-state index >= 15 is 26.3 Å². The van der Waals surface area contributed by atoms with E-state index in [4.69, 9.17) is 0 Å². The highest BCUT2D eigenvalue weighted by atomic mass is 32.1. The molecule has 2 nitrogen and oxygen atoms in total. The maximum absolute atomic E-state index is 16.3. The van der Waals surface area contributed by atoms with Crippen LogP contribution in [0.25, 0.3) is 32.0 Å². The van der Waals surface area contributed by atoms with Crippen molar-refractivity contribution in [1.82, 2.24) is 0 Å². The van der Waals surface area contributed by atoms with Gasteiger partial charge in [-0.2, -0.15) is 26.3 Å². The van der Waals surface area contributed by atoms with Gasteiger partial charge in [-0.05, 0) is 45.5 Å². The molecule has 0 amide bonds. The van der Waals surface area contributed by atoms with E-state index in [0.717, 1.165) is 33.8 Å². The number of aromatic nitrogens is 2. The predicted molar refractivity (Wildman–Crippen MR) is 182 cm³/mol. The van der Waals surface area contributed by atoms with Crippen molar-refractivity contribution < 1.29 is 35.5 Å². The first-order chi connectivity index (χ1) is 23.4. The molecule has 7 rings (SSSR count). The number of hydrogen-bond acceptors (Lipinski definition) is 2. The van der Waals surface area contributed by atoms with Crippen LogP contribution in [0, 0.1) is 0 Å². The van der Waals surface area contributed by atoms with Crippen LogP contribution in [0.5, 0.6) is 0 Å². The zero-order valence-corrected chi connectivity index (χ0v) is 28.1. The summed E-state index contributed by atoms with van der Waals surface area (Å²) in [4.78, 5) is 1.62. The largest absolute Gasteiger partial charge is 0.380 e. The molecule has 1 aliphatic carbocycles. The number of allylic oxidation sites excluding steroid dienone is 2. The second-order valence-electron chi connectivity index (χ2n) is 12.2. The Labute approximate surface area is 287 Å². The first-order valence-electron chi connectivity index (χ1n) is 15.5. The molecule has 0 saturated heterocycles. The van der Waals surface area contributed by atoms with Gasteiger partial charge in [0.15, 0.2) is 24.8 Å². The van der Waals surface area contributed by atoms with Crippen molar-refractivity contribution in [2.24, 2.45) is 14.1 Å². The standard InChI is InChI=1S/C39H30F6N2S2/c1-46-17-13-25(14-18-46)21-33-29(23-31(48-33)27-9-5-3-6-10-27)35-36(38(42,43)39(44,45)37(35,40)41)30-24-32(28-11-7-4-8-12-28)49-34(30)22-26-15-19-47(2)20-16-26/h3-20,23-24H,21-22H2,1-2H3/q+2. The Morgan fingerprint density at radius 3 is 1.20 bits per heavy atom. The molecule has 1 aliphatic rings. The van der Waals surface area contributed by atoms with Crippen LogP contribution in [0.3, 0.4) is 0 Å². The zero-order chi connectivity index (χ0) is 34.6. The lowest BCUT2D eigenvalue weighted by molar-refractivity contribution is -0.671. The monoisotopic (exact) mass is 704 g/mol. The van der Waals surface area contributed by atoms with E-state index in [9.17, 15) is 0 Å². The summed E-state index contributed by atoms with van der Waals surface area (Å²) >= 11 is 2.29. The van der Waals surface area contributed by atoms with Gasteiger partial charge in [0.25, 0.3) is 0 Å². The number of thiophene rings is 2. The van der Waals surface area contributed by atoms with Crippen LogP contribution in [-0.4, -0.2) is 17.8 Å². The summed E-state index contributed by atoms with van der Waals surface area (Å²) in [6.07, 6.45) is 7.30. The van der Waals surface area contributed by atoms with E-state index in [-0.39, 0.29) is 24.0 Å². The molecule has 0 aliphatic heterocycles. The number of aryl methyl sites for hydroxylation is 2. The van der Waals surface area contributed by atoms with Crippen LogP contribution < -0.4 is 9.13 Å². The van der Waals surface area contributed by atoms with E-state index in [1.165, 1.54) is 12.1 Å². The van der Waals surface area contributed by atoms with E-state index in [1.807, 2.05) is 14.1 Å². The van der Waals surface area contributed by atoms with Crippen molar-refractivity contribution in [3.63, 3.8) is 0 Å². The average Bonchev–Trinajstić information content (AvgIpc) is 3.72.